The molecule has 2 fully saturated rings. The molecule has 24 heavy (non-hydrogen) atoms. The molecular weight excluding hydrogens is 318 g/mol. The van der Waals surface area contributed by atoms with E-state index < -0.39 is 0 Å². The van der Waals surface area contributed by atoms with Crippen LogP contribution in [-0.4, -0.2) is 34.5 Å². The molecular formula is C19H25N3OS. The second kappa shape index (κ2) is 6.05. The van der Waals surface area contributed by atoms with Crippen LogP contribution in [0, 0.1) is 12.3 Å². The molecule has 5 heteroatoms. The van der Waals surface area contributed by atoms with Gasteiger partial charge in [-0.1, -0.05) is 0 Å². The van der Waals surface area contributed by atoms with Crippen molar-refractivity contribution >= 4 is 17.2 Å². The Morgan fingerprint density at radius 2 is 2.17 bits per heavy atom. The molecule has 2 aromatic rings. The molecule has 1 saturated carbocycles. The SMILES string of the molecule is Cc1ccc(C(=O)N(Cc2ccsc2)C2CC23CCNCC3)n1C. The van der Waals surface area contributed by atoms with E-state index in [1.165, 1.54) is 18.4 Å². The minimum atomic E-state index is 0.178. The number of carbonyl (C=O) groups excluding carboxylic acids is 1. The van der Waals surface area contributed by atoms with E-state index in [0.717, 1.165) is 37.4 Å². The lowest BCUT2D eigenvalue weighted by molar-refractivity contribution is 0.0682. The summed E-state index contributed by atoms with van der Waals surface area (Å²) in [5.74, 6) is 0.178. The van der Waals surface area contributed by atoms with Crippen LogP contribution in [0.25, 0.3) is 0 Å². The summed E-state index contributed by atoms with van der Waals surface area (Å²) in [6.45, 7) is 4.94. The molecule has 3 heterocycles. The van der Waals surface area contributed by atoms with Crippen molar-refractivity contribution in [2.45, 2.75) is 38.8 Å². The van der Waals surface area contributed by atoms with Crippen LogP contribution in [-0.2, 0) is 13.6 Å². The molecule has 0 aromatic carbocycles. The zero-order valence-electron chi connectivity index (χ0n) is 14.4. The molecule has 1 aliphatic carbocycles. The van der Waals surface area contributed by atoms with Crippen molar-refractivity contribution in [3.05, 3.63) is 45.9 Å². The minimum absolute atomic E-state index is 0.178. The number of nitrogens with one attached hydrogen (secondary N) is 1. The van der Waals surface area contributed by atoms with E-state index in [2.05, 4.69) is 27.0 Å². The number of aryl methyl sites for hydroxylation is 1. The van der Waals surface area contributed by atoms with Crippen LogP contribution in [0.3, 0.4) is 0 Å². The van der Waals surface area contributed by atoms with Crippen molar-refractivity contribution in [3.63, 3.8) is 0 Å². The predicted molar refractivity (Wildman–Crippen MR) is 97.3 cm³/mol. The average molecular weight is 343 g/mol. The largest absolute Gasteiger partial charge is 0.344 e. The molecule has 0 bridgehead atoms. The first-order valence-electron chi connectivity index (χ1n) is 8.76. The van der Waals surface area contributed by atoms with E-state index in [4.69, 9.17) is 0 Å². The van der Waals surface area contributed by atoms with Gasteiger partial charge in [0.25, 0.3) is 5.91 Å². The van der Waals surface area contributed by atoms with Crippen LogP contribution in [0.1, 0.15) is 41.0 Å². The Hall–Kier alpha value is -1.59. The Morgan fingerprint density at radius 3 is 2.79 bits per heavy atom. The van der Waals surface area contributed by atoms with Crippen molar-refractivity contribution in [1.29, 1.82) is 0 Å². The number of hydrogen-bond donors (Lipinski definition) is 1. The summed E-state index contributed by atoms with van der Waals surface area (Å²) < 4.78 is 2.01. The predicted octanol–water partition coefficient (Wildman–Crippen LogP) is 3.18. The molecule has 4 rings (SSSR count). The van der Waals surface area contributed by atoms with E-state index in [1.807, 2.05) is 30.7 Å². The van der Waals surface area contributed by atoms with Gasteiger partial charge in [-0.3, -0.25) is 4.79 Å². The first-order valence-corrected chi connectivity index (χ1v) is 9.70. The maximum absolute atomic E-state index is 13.3. The van der Waals surface area contributed by atoms with E-state index in [-0.39, 0.29) is 5.91 Å². The highest BCUT2D eigenvalue weighted by Gasteiger charge is 2.57. The topological polar surface area (TPSA) is 37.3 Å². The number of piperidine rings is 1. The number of aromatic nitrogens is 1. The molecule has 1 amide bonds. The summed E-state index contributed by atoms with van der Waals surface area (Å²) in [5.41, 5.74) is 3.53. The van der Waals surface area contributed by atoms with Gasteiger partial charge in [0.1, 0.15) is 5.69 Å². The van der Waals surface area contributed by atoms with Gasteiger partial charge in [-0.25, -0.2) is 0 Å². The highest BCUT2D eigenvalue weighted by Crippen LogP contribution is 2.56. The Balaban J connectivity index is 1.61. The Kier molecular flexibility index (Phi) is 4.01. The van der Waals surface area contributed by atoms with E-state index >= 15 is 0 Å². The molecule has 1 N–H and O–H groups in total. The normalized spacial score (nSPS) is 21.8. The van der Waals surface area contributed by atoms with Gasteiger partial charge in [0.15, 0.2) is 0 Å². The fraction of sp³-hybridized carbons (Fsp3) is 0.526. The lowest BCUT2D eigenvalue weighted by Crippen LogP contribution is -2.39. The Bertz CT molecular complexity index is 728. The third-order valence-corrected chi connectivity index (χ3v) is 6.64. The lowest BCUT2D eigenvalue weighted by atomic mass is 9.93. The van der Waals surface area contributed by atoms with Crippen LogP contribution in [0.15, 0.2) is 29.0 Å². The van der Waals surface area contributed by atoms with Gasteiger partial charge in [-0.2, -0.15) is 11.3 Å². The Labute approximate surface area is 147 Å². The molecule has 2 aromatic heterocycles. The fourth-order valence-electron chi connectivity index (χ4n) is 4.11. The molecule has 4 nitrogen and oxygen atoms in total. The third kappa shape index (κ3) is 2.70. The zero-order chi connectivity index (χ0) is 16.7. The monoisotopic (exact) mass is 343 g/mol. The summed E-state index contributed by atoms with van der Waals surface area (Å²) in [4.78, 5) is 15.4. The van der Waals surface area contributed by atoms with Crippen LogP contribution < -0.4 is 5.32 Å². The smallest absolute Gasteiger partial charge is 0.271 e. The van der Waals surface area contributed by atoms with Gasteiger partial charge in [-0.05, 0) is 79.2 Å². The molecule has 128 valence electrons. The number of nitrogens with zero attached hydrogens (tertiary/aromatic N) is 2. The number of carbonyl (C=O) groups is 1. The molecule has 1 saturated heterocycles. The fourth-order valence-corrected chi connectivity index (χ4v) is 4.77. The van der Waals surface area contributed by atoms with Crippen molar-refractivity contribution in [2.24, 2.45) is 12.5 Å². The van der Waals surface area contributed by atoms with Crippen molar-refractivity contribution in [2.75, 3.05) is 13.1 Å². The highest BCUT2D eigenvalue weighted by atomic mass is 32.1. The zero-order valence-corrected chi connectivity index (χ0v) is 15.2. The maximum atomic E-state index is 13.3. The number of thiophene rings is 1. The highest BCUT2D eigenvalue weighted by molar-refractivity contribution is 7.07. The number of hydrogen-bond acceptors (Lipinski definition) is 3. The first-order chi connectivity index (χ1) is 11.6. The van der Waals surface area contributed by atoms with Gasteiger partial charge in [0.05, 0.1) is 0 Å². The summed E-state index contributed by atoms with van der Waals surface area (Å²) >= 11 is 1.70. The van der Waals surface area contributed by atoms with E-state index in [1.54, 1.807) is 11.3 Å². The van der Waals surface area contributed by atoms with Crippen molar-refractivity contribution in [1.82, 2.24) is 14.8 Å². The quantitative estimate of drug-likeness (QED) is 0.926. The van der Waals surface area contributed by atoms with Gasteiger partial charge in [0, 0.05) is 25.3 Å². The summed E-state index contributed by atoms with van der Waals surface area (Å²) in [6, 6.07) is 6.53. The Morgan fingerprint density at radius 1 is 1.38 bits per heavy atom. The van der Waals surface area contributed by atoms with Gasteiger partial charge >= 0.3 is 0 Å². The summed E-state index contributed by atoms with van der Waals surface area (Å²) in [5, 5.41) is 7.71. The summed E-state index contributed by atoms with van der Waals surface area (Å²) in [6.07, 6.45) is 3.54. The number of rotatable bonds is 4. The molecule has 0 radical (unpaired) electrons. The standard InChI is InChI=1S/C19H25N3OS/c1-14-3-4-16(21(14)2)18(23)22(12-15-5-10-24-13-15)17-11-19(17)6-8-20-9-7-19/h3-5,10,13,17,20H,6-9,11-12H2,1-2H3. The van der Waals surface area contributed by atoms with Gasteiger partial charge in [-0.15, -0.1) is 0 Å². The number of amides is 1. The van der Waals surface area contributed by atoms with Gasteiger partial charge < -0.3 is 14.8 Å². The molecule has 1 atom stereocenters. The summed E-state index contributed by atoms with van der Waals surface area (Å²) in [7, 11) is 1.98. The van der Waals surface area contributed by atoms with E-state index in [9.17, 15) is 4.79 Å². The first kappa shape index (κ1) is 15.9. The molecule has 2 aliphatic rings. The van der Waals surface area contributed by atoms with Crippen LogP contribution in [0.5, 0.6) is 0 Å². The van der Waals surface area contributed by atoms with Crippen LogP contribution in [0.2, 0.25) is 0 Å². The molecule has 1 unspecified atom stereocenters. The van der Waals surface area contributed by atoms with Gasteiger partial charge in [0.2, 0.25) is 0 Å². The minimum Gasteiger partial charge on any atom is -0.344 e. The second-order valence-corrected chi connectivity index (χ2v) is 8.10. The second-order valence-electron chi connectivity index (χ2n) is 7.32. The van der Waals surface area contributed by atoms with Crippen LogP contribution in [0.4, 0.5) is 0 Å². The molecule has 1 spiro atoms. The molecule has 1 aliphatic heterocycles. The van der Waals surface area contributed by atoms with Crippen molar-refractivity contribution < 1.29 is 4.79 Å². The lowest BCUT2D eigenvalue weighted by Gasteiger charge is -2.29. The maximum Gasteiger partial charge on any atom is 0.271 e. The average Bonchev–Trinajstić information content (AvgIpc) is 2.92. The van der Waals surface area contributed by atoms with Crippen molar-refractivity contribution in [3.8, 4) is 0 Å². The van der Waals surface area contributed by atoms with Crippen LogP contribution >= 0.6 is 11.3 Å². The third-order valence-electron chi connectivity index (χ3n) is 5.91. The van der Waals surface area contributed by atoms with E-state index in [0.29, 0.717) is 11.5 Å².